The van der Waals surface area contributed by atoms with Crippen LogP contribution >= 0.6 is 0 Å². The van der Waals surface area contributed by atoms with Gasteiger partial charge in [-0.05, 0) is 68.6 Å². The Kier molecular flexibility index (Phi) is 7.03. The fourth-order valence-corrected chi connectivity index (χ4v) is 4.24. The number of para-hydroxylation sites is 1. The average Bonchev–Trinajstić information content (AvgIpc) is 3.27. The topological polar surface area (TPSA) is 66.2 Å². The summed E-state index contributed by atoms with van der Waals surface area (Å²) in [4.78, 5) is 16.1. The van der Waals surface area contributed by atoms with Crippen molar-refractivity contribution in [1.29, 1.82) is 0 Å². The van der Waals surface area contributed by atoms with E-state index >= 15 is 0 Å². The lowest BCUT2D eigenvalue weighted by molar-refractivity contribution is 0.102. The second-order valence-corrected chi connectivity index (χ2v) is 8.10. The third-order valence-corrected chi connectivity index (χ3v) is 5.89. The van der Waals surface area contributed by atoms with Gasteiger partial charge in [0.2, 0.25) is 0 Å². The third kappa shape index (κ3) is 5.22. The predicted octanol–water partition coefficient (Wildman–Crippen LogP) is 5.36. The molecule has 4 rings (SSSR count). The number of hydrogen-bond acceptors (Lipinski definition) is 3. The maximum absolute atomic E-state index is 12.9. The first-order valence-corrected chi connectivity index (χ1v) is 11.1. The lowest BCUT2D eigenvalue weighted by Crippen LogP contribution is -2.26. The number of aromatic amines is 1. The normalized spacial score (nSPS) is 14.7. The summed E-state index contributed by atoms with van der Waals surface area (Å²) < 4.78 is 5.95. The first-order chi connectivity index (χ1) is 14.8. The van der Waals surface area contributed by atoms with Gasteiger partial charge in [0.25, 0.3) is 5.91 Å². The maximum Gasteiger partial charge on any atom is 0.259 e. The first kappa shape index (κ1) is 20.5. The summed E-state index contributed by atoms with van der Waals surface area (Å²) in [6.07, 6.45) is 9.69. The molecule has 1 amide bonds. The largest absolute Gasteiger partial charge is 0.493 e. The summed E-state index contributed by atoms with van der Waals surface area (Å²) in [5.74, 6) is 1.31. The van der Waals surface area contributed by atoms with Crippen molar-refractivity contribution in [2.45, 2.75) is 38.5 Å². The quantitative estimate of drug-likeness (QED) is 0.420. The van der Waals surface area contributed by atoms with Crippen molar-refractivity contribution in [1.82, 2.24) is 10.3 Å². The van der Waals surface area contributed by atoms with Crippen molar-refractivity contribution in [3.8, 4) is 5.75 Å². The van der Waals surface area contributed by atoms with Crippen LogP contribution < -0.4 is 15.4 Å². The molecule has 1 fully saturated rings. The molecule has 1 aromatic heterocycles. The van der Waals surface area contributed by atoms with Gasteiger partial charge in [-0.1, -0.05) is 37.5 Å². The maximum atomic E-state index is 12.9. The molecule has 3 N–H and O–H groups in total. The van der Waals surface area contributed by atoms with Crippen molar-refractivity contribution in [2.24, 2.45) is 5.92 Å². The summed E-state index contributed by atoms with van der Waals surface area (Å²) in [7, 11) is 0. The predicted molar refractivity (Wildman–Crippen MR) is 122 cm³/mol. The van der Waals surface area contributed by atoms with Crippen LogP contribution in [-0.2, 0) is 0 Å². The summed E-state index contributed by atoms with van der Waals surface area (Å²) in [6.45, 7) is 2.65. The van der Waals surface area contributed by atoms with E-state index in [1.165, 1.54) is 32.1 Å². The van der Waals surface area contributed by atoms with Crippen LogP contribution in [0, 0.1) is 5.92 Å². The molecule has 0 spiro atoms. The number of ether oxygens (including phenoxy) is 1. The molecular weight excluding hydrogens is 374 g/mol. The molecule has 5 nitrogen and oxygen atoms in total. The van der Waals surface area contributed by atoms with Gasteiger partial charge >= 0.3 is 0 Å². The smallest absolute Gasteiger partial charge is 0.259 e. The average molecular weight is 406 g/mol. The number of aromatic nitrogens is 1. The van der Waals surface area contributed by atoms with Crippen LogP contribution in [0.4, 0.5) is 5.69 Å². The highest BCUT2D eigenvalue weighted by Gasteiger charge is 2.14. The molecule has 1 heterocycles. The minimum Gasteiger partial charge on any atom is -0.493 e. The van der Waals surface area contributed by atoms with Crippen LogP contribution in [0.5, 0.6) is 5.75 Å². The zero-order valence-electron chi connectivity index (χ0n) is 17.5. The Bertz CT molecular complexity index is 960. The fourth-order valence-electron chi connectivity index (χ4n) is 4.24. The van der Waals surface area contributed by atoms with Gasteiger partial charge < -0.3 is 20.4 Å². The van der Waals surface area contributed by atoms with Gasteiger partial charge in [-0.2, -0.15) is 0 Å². The molecule has 0 saturated heterocycles. The lowest BCUT2D eigenvalue weighted by atomic mass is 9.89. The molecular formula is C25H31N3O2. The molecule has 0 atom stereocenters. The molecule has 3 aromatic rings. The van der Waals surface area contributed by atoms with E-state index in [1.54, 1.807) is 0 Å². The second kappa shape index (κ2) is 10.3. The minimum atomic E-state index is -0.158. The van der Waals surface area contributed by atoms with Crippen LogP contribution in [0.15, 0.2) is 54.7 Å². The van der Waals surface area contributed by atoms with Gasteiger partial charge in [0.15, 0.2) is 0 Å². The van der Waals surface area contributed by atoms with Crippen molar-refractivity contribution < 1.29 is 9.53 Å². The number of anilines is 1. The minimum absolute atomic E-state index is 0.158. The van der Waals surface area contributed by atoms with Gasteiger partial charge in [0, 0.05) is 17.1 Å². The van der Waals surface area contributed by atoms with Gasteiger partial charge in [0.05, 0.1) is 17.9 Å². The Labute approximate surface area is 178 Å². The van der Waals surface area contributed by atoms with E-state index in [2.05, 4.69) is 15.6 Å². The highest BCUT2D eigenvalue weighted by Crippen LogP contribution is 2.25. The molecule has 2 aromatic carbocycles. The van der Waals surface area contributed by atoms with E-state index in [9.17, 15) is 4.79 Å². The van der Waals surface area contributed by atoms with E-state index in [0.29, 0.717) is 17.9 Å². The number of benzene rings is 2. The molecule has 5 heteroatoms. The van der Waals surface area contributed by atoms with E-state index in [4.69, 9.17) is 4.74 Å². The summed E-state index contributed by atoms with van der Waals surface area (Å²) in [6, 6.07) is 15.2. The summed E-state index contributed by atoms with van der Waals surface area (Å²) in [5.41, 5.74) is 2.35. The van der Waals surface area contributed by atoms with Gasteiger partial charge in [-0.3, -0.25) is 4.79 Å². The Morgan fingerprint density at radius 2 is 1.90 bits per heavy atom. The van der Waals surface area contributed by atoms with Crippen molar-refractivity contribution in [2.75, 3.05) is 25.0 Å². The zero-order chi connectivity index (χ0) is 20.6. The third-order valence-electron chi connectivity index (χ3n) is 5.89. The summed E-state index contributed by atoms with van der Waals surface area (Å²) in [5, 5.41) is 7.58. The van der Waals surface area contributed by atoms with Crippen LogP contribution in [0.3, 0.4) is 0 Å². The zero-order valence-corrected chi connectivity index (χ0v) is 17.5. The fraction of sp³-hybridized carbons (Fsp3) is 0.400. The van der Waals surface area contributed by atoms with E-state index in [0.717, 1.165) is 42.0 Å². The number of hydrogen-bond donors (Lipinski definition) is 3. The van der Waals surface area contributed by atoms with Crippen molar-refractivity contribution in [3.05, 3.63) is 60.3 Å². The number of fused-ring (bicyclic) bond motifs is 1. The number of H-pyrrole nitrogens is 1. The monoisotopic (exact) mass is 405 g/mol. The van der Waals surface area contributed by atoms with Crippen molar-refractivity contribution >= 4 is 22.5 Å². The SMILES string of the molecule is O=C(Nc1cccc2[nH]ccc12)c1ccccc1OCCCNCC1CCCCC1. The molecule has 158 valence electrons. The summed E-state index contributed by atoms with van der Waals surface area (Å²) >= 11 is 0. The number of carbonyl (C=O) groups excluding carboxylic acids is 1. The lowest BCUT2D eigenvalue weighted by Gasteiger charge is -2.21. The van der Waals surface area contributed by atoms with Crippen LogP contribution in [0.1, 0.15) is 48.9 Å². The van der Waals surface area contributed by atoms with Crippen molar-refractivity contribution in [3.63, 3.8) is 0 Å². The molecule has 0 aliphatic heterocycles. The standard InChI is InChI=1S/C25H31N3O2/c29-25(28-23-12-6-11-22-20(23)14-16-27-22)21-10-4-5-13-24(21)30-17-7-15-26-18-19-8-2-1-3-9-19/h4-6,10-14,16,19,26-27H,1-3,7-9,15,17-18H2,(H,28,29). The van der Waals surface area contributed by atoms with Crippen LogP contribution in [-0.4, -0.2) is 30.6 Å². The molecule has 0 unspecified atom stereocenters. The van der Waals surface area contributed by atoms with Gasteiger partial charge in [-0.15, -0.1) is 0 Å². The second-order valence-electron chi connectivity index (χ2n) is 8.10. The Morgan fingerprint density at radius 3 is 2.80 bits per heavy atom. The molecule has 1 aliphatic rings. The molecule has 30 heavy (non-hydrogen) atoms. The first-order valence-electron chi connectivity index (χ1n) is 11.1. The molecule has 0 radical (unpaired) electrons. The van der Waals surface area contributed by atoms with E-state index < -0.39 is 0 Å². The van der Waals surface area contributed by atoms with Gasteiger partial charge in [0.1, 0.15) is 5.75 Å². The number of carbonyl (C=O) groups is 1. The molecule has 0 bridgehead atoms. The Balaban J connectivity index is 1.28. The molecule has 1 saturated carbocycles. The highest BCUT2D eigenvalue weighted by molar-refractivity contribution is 6.10. The van der Waals surface area contributed by atoms with E-state index in [1.807, 2.05) is 54.7 Å². The number of amides is 1. The number of nitrogens with one attached hydrogen (secondary N) is 3. The van der Waals surface area contributed by atoms with Crippen LogP contribution in [0.25, 0.3) is 10.9 Å². The highest BCUT2D eigenvalue weighted by atomic mass is 16.5. The van der Waals surface area contributed by atoms with E-state index in [-0.39, 0.29) is 5.91 Å². The van der Waals surface area contributed by atoms with Crippen LogP contribution in [0.2, 0.25) is 0 Å². The number of rotatable bonds is 9. The Hall–Kier alpha value is -2.79. The van der Waals surface area contributed by atoms with Gasteiger partial charge in [-0.25, -0.2) is 0 Å². The molecule has 1 aliphatic carbocycles. The Morgan fingerprint density at radius 1 is 1.03 bits per heavy atom.